The molecule has 22 heavy (non-hydrogen) atoms. The third kappa shape index (κ3) is 4.09. The van der Waals surface area contributed by atoms with Gasteiger partial charge in [0.1, 0.15) is 10.7 Å². The molecule has 0 spiro atoms. The topological polar surface area (TPSA) is 54.0 Å². The van der Waals surface area contributed by atoms with Crippen LogP contribution in [0.15, 0.2) is 56.9 Å². The van der Waals surface area contributed by atoms with Gasteiger partial charge in [-0.3, -0.25) is 4.79 Å². The van der Waals surface area contributed by atoms with Gasteiger partial charge >= 0.3 is 0 Å². The van der Waals surface area contributed by atoms with E-state index in [2.05, 4.69) is 31.5 Å². The monoisotopic (exact) mass is 377 g/mol. The lowest BCUT2D eigenvalue weighted by Crippen LogP contribution is -2.36. The number of benzene rings is 1. The van der Waals surface area contributed by atoms with Crippen molar-refractivity contribution in [2.24, 2.45) is 0 Å². The summed E-state index contributed by atoms with van der Waals surface area (Å²) in [7, 11) is 0. The van der Waals surface area contributed by atoms with Crippen LogP contribution < -0.4 is 10.6 Å². The van der Waals surface area contributed by atoms with Gasteiger partial charge in [0, 0.05) is 22.0 Å². The molecule has 0 bridgehead atoms. The van der Waals surface area contributed by atoms with Gasteiger partial charge in [-0.1, -0.05) is 39.8 Å². The van der Waals surface area contributed by atoms with Crippen molar-refractivity contribution in [3.63, 3.8) is 0 Å². The van der Waals surface area contributed by atoms with Crippen molar-refractivity contribution < 1.29 is 4.79 Å². The quantitative estimate of drug-likeness (QED) is 0.859. The highest BCUT2D eigenvalue weighted by molar-refractivity contribution is 9.10. The Labute approximate surface area is 142 Å². The molecule has 2 aromatic rings. The molecule has 1 aromatic heterocycles. The molecule has 1 fully saturated rings. The first-order valence-corrected chi connectivity index (χ1v) is 8.74. The summed E-state index contributed by atoms with van der Waals surface area (Å²) in [5.41, 5.74) is 0.465. The second-order valence-corrected chi connectivity index (χ2v) is 7.09. The highest BCUT2D eigenvalue weighted by Gasteiger charge is 2.18. The lowest BCUT2D eigenvalue weighted by Gasteiger charge is -2.11. The van der Waals surface area contributed by atoms with Gasteiger partial charge in [0.05, 0.1) is 0 Å². The van der Waals surface area contributed by atoms with Crippen molar-refractivity contribution in [1.82, 2.24) is 15.6 Å². The Hall–Kier alpha value is -1.37. The number of halogens is 1. The Bertz CT molecular complexity index is 674. The summed E-state index contributed by atoms with van der Waals surface area (Å²) in [6.07, 6.45) is 0.970. The molecule has 6 heteroatoms. The van der Waals surface area contributed by atoms with Gasteiger partial charge in [-0.05, 0) is 43.3 Å². The van der Waals surface area contributed by atoms with Gasteiger partial charge in [-0.15, -0.1) is 0 Å². The largest absolute Gasteiger partial charge is 0.347 e. The van der Waals surface area contributed by atoms with E-state index in [9.17, 15) is 4.79 Å². The number of carbonyl (C=O) groups is 1. The predicted octanol–water partition coefficient (Wildman–Crippen LogP) is 3.09. The normalized spacial score (nSPS) is 17.4. The molecule has 3 rings (SSSR count). The molecular weight excluding hydrogens is 362 g/mol. The summed E-state index contributed by atoms with van der Waals surface area (Å²) in [5.74, 6) is -0.106. The van der Waals surface area contributed by atoms with E-state index in [4.69, 9.17) is 0 Å². The summed E-state index contributed by atoms with van der Waals surface area (Å²) in [6, 6.07) is 13.8. The van der Waals surface area contributed by atoms with Crippen LogP contribution in [0.25, 0.3) is 0 Å². The number of rotatable bonds is 4. The van der Waals surface area contributed by atoms with Crippen LogP contribution in [0.1, 0.15) is 16.9 Å². The Balaban J connectivity index is 1.70. The number of hydrogen-bond donors (Lipinski definition) is 2. The van der Waals surface area contributed by atoms with Crippen LogP contribution >= 0.6 is 27.7 Å². The molecule has 1 aliphatic rings. The maximum atomic E-state index is 12.2. The van der Waals surface area contributed by atoms with E-state index in [1.54, 1.807) is 17.8 Å². The molecule has 1 amide bonds. The van der Waals surface area contributed by atoms with E-state index in [0.29, 0.717) is 5.69 Å². The van der Waals surface area contributed by atoms with Gasteiger partial charge in [-0.25, -0.2) is 4.98 Å². The molecule has 114 valence electrons. The van der Waals surface area contributed by atoms with Crippen LogP contribution in [0.5, 0.6) is 0 Å². The molecule has 1 aromatic carbocycles. The first-order valence-electron chi connectivity index (χ1n) is 7.13. The van der Waals surface area contributed by atoms with Gasteiger partial charge in [0.15, 0.2) is 0 Å². The van der Waals surface area contributed by atoms with Crippen molar-refractivity contribution in [2.45, 2.75) is 22.4 Å². The SMILES string of the molecule is O=C(NC1CCNC1)c1cccc(Sc2cccc(Br)c2)n1. The van der Waals surface area contributed by atoms with Gasteiger partial charge in [0.25, 0.3) is 5.91 Å². The average Bonchev–Trinajstić information content (AvgIpc) is 3.00. The second kappa shape index (κ2) is 7.26. The zero-order valence-corrected chi connectivity index (χ0v) is 14.3. The zero-order valence-electron chi connectivity index (χ0n) is 11.9. The minimum atomic E-state index is -0.106. The van der Waals surface area contributed by atoms with Gasteiger partial charge < -0.3 is 10.6 Å². The molecule has 2 heterocycles. The summed E-state index contributed by atoms with van der Waals surface area (Å²) in [5, 5.41) is 7.06. The minimum Gasteiger partial charge on any atom is -0.347 e. The lowest BCUT2D eigenvalue weighted by molar-refractivity contribution is 0.0934. The fourth-order valence-corrected chi connectivity index (χ4v) is 3.70. The van der Waals surface area contributed by atoms with E-state index in [1.165, 1.54) is 0 Å². The van der Waals surface area contributed by atoms with Crippen LogP contribution in [0, 0.1) is 0 Å². The molecule has 2 N–H and O–H groups in total. The first-order chi connectivity index (χ1) is 10.7. The van der Waals surface area contributed by atoms with Crippen LogP contribution in [-0.4, -0.2) is 30.0 Å². The predicted molar refractivity (Wildman–Crippen MR) is 91.2 cm³/mol. The highest BCUT2D eigenvalue weighted by Crippen LogP contribution is 2.28. The van der Waals surface area contributed by atoms with E-state index >= 15 is 0 Å². The van der Waals surface area contributed by atoms with Crippen molar-refractivity contribution in [1.29, 1.82) is 0 Å². The summed E-state index contributed by atoms with van der Waals surface area (Å²) in [4.78, 5) is 17.8. The fraction of sp³-hybridized carbons (Fsp3) is 0.250. The smallest absolute Gasteiger partial charge is 0.270 e. The maximum absolute atomic E-state index is 12.2. The summed E-state index contributed by atoms with van der Waals surface area (Å²) < 4.78 is 1.03. The molecule has 0 aliphatic carbocycles. The Morgan fingerprint density at radius 1 is 1.32 bits per heavy atom. The van der Waals surface area contributed by atoms with Crippen LogP contribution in [-0.2, 0) is 0 Å². The van der Waals surface area contributed by atoms with Crippen molar-refractivity contribution in [2.75, 3.05) is 13.1 Å². The summed E-state index contributed by atoms with van der Waals surface area (Å²) in [6.45, 7) is 1.79. The third-order valence-corrected chi connectivity index (χ3v) is 4.79. The number of carbonyl (C=O) groups excluding carboxylic acids is 1. The number of nitrogens with one attached hydrogen (secondary N) is 2. The zero-order chi connectivity index (χ0) is 15.4. The molecule has 0 saturated carbocycles. The summed E-state index contributed by atoms with van der Waals surface area (Å²) >= 11 is 5.00. The van der Waals surface area contributed by atoms with Crippen LogP contribution in [0.3, 0.4) is 0 Å². The second-order valence-electron chi connectivity index (χ2n) is 5.08. The van der Waals surface area contributed by atoms with Crippen molar-refractivity contribution in [3.05, 3.63) is 52.6 Å². The van der Waals surface area contributed by atoms with Gasteiger partial charge in [-0.2, -0.15) is 0 Å². The fourth-order valence-electron chi connectivity index (χ4n) is 2.29. The van der Waals surface area contributed by atoms with Crippen molar-refractivity contribution in [3.8, 4) is 0 Å². The lowest BCUT2D eigenvalue weighted by atomic mass is 10.2. The highest BCUT2D eigenvalue weighted by atomic mass is 79.9. The van der Waals surface area contributed by atoms with Gasteiger partial charge in [0.2, 0.25) is 0 Å². The van der Waals surface area contributed by atoms with E-state index in [1.807, 2.05) is 36.4 Å². The van der Waals surface area contributed by atoms with E-state index < -0.39 is 0 Å². The average molecular weight is 378 g/mol. The molecule has 1 atom stereocenters. The number of aromatic nitrogens is 1. The Morgan fingerprint density at radius 3 is 2.95 bits per heavy atom. The molecule has 1 unspecified atom stereocenters. The molecular formula is C16H16BrN3OS. The number of pyridine rings is 1. The number of nitrogens with zero attached hydrogens (tertiary/aromatic N) is 1. The third-order valence-electron chi connectivity index (χ3n) is 3.37. The number of amides is 1. The minimum absolute atomic E-state index is 0.106. The molecule has 0 radical (unpaired) electrons. The molecule has 1 saturated heterocycles. The van der Waals surface area contributed by atoms with E-state index in [0.717, 1.165) is 33.9 Å². The van der Waals surface area contributed by atoms with Crippen molar-refractivity contribution >= 4 is 33.6 Å². The standard InChI is InChI=1S/C16H16BrN3OS/c17-11-3-1-4-13(9-11)22-15-6-2-5-14(20-15)16(21)19-12-7-8-18-10-12/h1-6,9,12,18H,7-8,10H2,(H,19,21). The molecule has 4 nitrogen and oxygen atoms in total. The number of hydrogen-bond acceptors (Lipinski definition) is 4. The maximum Gasteiger partial charge on any atom is 0.270 e. The first kappa shape index (κ1) is 15.5. The van der Waals surface area contributed by atoms with Crippen LogP contribution in [0.4, 0.5) is 0 Å². The van der Waals surface area contributed by atoms with Crippen LogP contribution in [0.2, 0.25) is 0 Å². The Morgan fingerprint density at radius 2 is 2.18 bits per heavy atom. The molecule has 1 aliphatic heterocycles. The van der Waals surface area contributed by atoms with E-state index in [-0.39, 0.29) is 11.9 Å². The Kier molecular flexibility index (Phi) is 5.12.